The van der Waals surface area contributed by atoms with Crippen LogP contribution in [0.4, 0.5) is 5.69 Å². The largest absolute Gasteiger partial charge is 0.491 e. The first kappa shape index (κ1) is 22.3. The average molecular weight is 401 g/mol. The van der Waals surface area contributed by atoms with Gasteiger partial charge in [-0.05, 0) is 71.0 Å². The number of nitrogens with one attached hydrogen (secondary N) is 3. The van der Waals surface area contributed by atoms with E-state index in [1.165, 1.54) is 0 Å². The van der Waals surface area contributed by atoms with E-state index in [9.17, 15) is 4.79 Å². The minimum absolute atomic E-state index is 0.0297. The summed E-state index contributed by atoms with van der Waals surface area (Å²) >= 11 is 0. The molecule has 0 radical (unpaired) electrons. The normalized spacial score (nSPS) is 12.0. The molecule has 0 saturated heterocycles. The molecule has 1 amide bonds. The number of benzene rings is 1. The lowest BCUT2D eigenvalue weighted by atomic mass is 10.1. The van der Waals surface area contributed by atoms with Crippen molar-refractivity contribution in [1.29, 1.82) is 0 Å². The minimum Gasteiger partial charge on any atom is -0.491 e. The summed E-state index contributed by atoms with van der Waals surface area (Å²) in [6, 6.07) is 11.4. The van der Waals surface area contributed by atoms with Crippen molar-refractivity contribution < 1.29 is 13.9 Å². The molecular formula is C22H32N4O3. The number of rotatable bonds is 8. The second-order valence-electron chi connectivity index (χ2n) is 8.04. The van der Waals surface area contributed by atoms with E-state index >= 15 is 0 Å². The number of ether oxygens (including phenoxy) is 1. The fraction of sp³-hybridized carbons (Fsp3) is 0.455. The van der Waals surface area contributed by atoms with Crippen LogP contribution in [0.2, 0.25) is 0 Å². The van der Waals surface area contributed by atoms with E-state index in [1.807, 2.05) is 71.0 Å². The van der Waals surface area contributed by atoms with E-state index < -0.39 is 0 Å². The van der Waals surface area contributed by atoms with E-state index in [2.05, 4.69) is 20.9 Å². The highest BCUT2D eigenvalue weighted by Gasteiger charge is 2.13. The molecule has 7 heteroatoms. The van der Waals surface area contributed by atoms with Crippen molar-refractivity contribution in [2.75, 3.05) is 18.4 Å². The molecule has 0 spiro atoms. The van der Waals surface area contributed by atoms with E-state index in [0.717, 1.165) is 17.2 Å². The van der Waals surface area contributed by atoms with Crippen molar-refractivity contribution in [3.05, 3.63) is 48.4 Å². The van der Waals surface area contributed by atoms with E-state index in [0.29, 0.717) is 18.9 Å². The predicted molar refractivity (Wildman–Crippen MR) is 116 cm³/mol. The lowest BCUT2D eigenvalue weighted by molar-refractivity contribution is -0.121. The van der Waals surface area contributed by atoms with Crippen LogP contribution in [0, 0.1) is 0 Å². The van der Waals surface area contributed by atoms with Crippen LogP contribution in [0.1, 0.15) is 40.4 Å². The summed E-state index contributed by atoms with van der Waals surface area (Å²) < 4.78 is 11.0. The number of hydrogen-bond donors (Lipinski definition) is 3. The Hall–Kier alpha value is -2.96. The number of aliphatic imine (C=N–C) groups is 1. The lowest BCUT2D eigenvalue weighted by Crippen LogP contribution is -2.42. The van der Waals surface area contributed by atoms with Crippen molar-refractivity contribution in [3.63, 3.8) is 0 Å². The van der Waals surface area contributed by atoms with Gasteiger partial charge in [0, 0.05) is 24.2 Å². The van der Waals surface area contributed by atoms with Gasteiger partial charge >= 0.3 is 0 Å². The Bertz CT molecular complexity index is 775. The molecule has 29 heavy (non-hydrogen) atoms. The molecule has 0 aliphatic heterocycles. The Morgan fingerprint density at radius 2 is 1.90 bits per heavy atom. The Labute approximate surface area is 172 Å². The average Bonchev–Trinajstić information content (AvgIpc) is 3.12. The van der Waals surface area contributed by atoms with Crippen molar-refractivity contribution in [2.24, 2.45) is 4.99 Å². The molecule has 0 bridgehead atoms. The Morgan fingerprint density at radius 3 is 2.48 bits per heavy atom. The monoisotopic (exact) mass is 400 g/mol. The number of nitrogens with zero attached hydrogens (tertiary/aromatic N) is 1. The van der Waals surface area contributed by atoms with E-state index in [1.54, 1.807) is 6.26 Å². The first-order valence-corrected chi connectivity index (χ1v) is 9.87. The number of anilines is 1. The Morgan fingerprint density at radius 1 is 1.17 bits per heavy atom. The second-order valence-corrected chi connectivity index (χ2v) is 8.04. The van der Waals surface area contributed by atoms with Gasteiger partial charge in [0.1, 0.15) is 18.1 Å². The van der Waals surface area contributed by atoms with Gasteiger partial charge in [-0.2, -0.15) is 0 Å². The molecule has 3 N–H and O–H groups in total. The van der Waals surface area contributed by atoms with Crippen molar-refractivity contribution in [2.45, 2.75) is 52.7 Å². The van der Waals surface area contributed by atoms with Crippen LogP contribution in [0.5, 0.6) is 5.75 Å². The van der Waals surface area contributed by atoms with Crippen molar-refractivity contribution in [1.82, 2.24) is 10.6 Å². The first-order chi connectivity index (χ1) is 13.7. The van der Waals surface area contributed by atoms with Gasteiger partial charge in [-0.15, -0.1) is 0 Å². The highest BCUT2D eigenvalue weighted by atomic mass is 16.5. The van der Waals surface area contributed by atoms with Gasteiger partial charge < -0.3 is 25.1 Å². The van der Waals surface area contributed by atoms with Gasteiger partial charge in [0.05, 0.1) is 12.4 Å². The van der Waals surface area contributed by atoms with Crippen LogP contribution in [-0.4, -0.2) is 36.6 Å². The number of guanidine groups is 1. The maximum Gasteiger partial charge on any atom is 0.242 e. The molecule has 0 aliphatic carbocycles. The molecule has 1 aromatic heterocycles. The van der Waals surface area contributed by atoms with E-state index in [4.69, 9.17) is 9.15 Å². The van der Waals surface area contributed by atoms with Crippen molar-refractivity contribution >= 4 is 17.6 Å². The third-order valence-electron chi connectivity index (χ3n) is 3.63. The first-order valence-electron chi connectivity index (χ1n) is 9.87. The fourth-order valence-electron chi connectivity index (χ4n) is 2.53. The number of carbonyl (C=O) groups excluding carboxylic acids is 1. The maximum absolute atomic E-state index is 12.1. The maximum atomic E-state index is 12.1. The van der Waals surface area contributed by atoms with Gasteiger partial charge in [0.25, 0.3) is 0 Å². The van der Waals surface area contributed by atoms with Gasteiger partial charge in [0.2, 0.25) is 5.91 Å². The lowest BCUT2D eigenvalue weighted by Gasteiger charge is -2.20. The molecule has 158 valence electrons. The summed E-state index contributed by atoms with van der Waals surface area (Å²) in [4.78, 5) is 16.5. The summed E-state index contributed by atoms with van der Waals surface area (Å²) in [5.41, 5.74) is 0.556. The van der Waals surface area contributed by atoms with E-state index in [-0.39, 0.29) is 24.1 Å². The van der Waals surface area contributed by atoms with Crippen molar-refractivity contribution in [3.8, 4) is 5.75 Å². The quantitative estimate of drug-likeness (QED) is 0.466. The molecule has 0 unspecified atom stereocenters. The summed E-state index contributed by atoms with van der Waals surface area (Å²) in [6.07, 6.45) is 2.49. The summed E-state index contributed by atoms with van der Waals surface area (Å²) in [6.45, 7) is 10.4. The van der Waals surface area contributed by atoms with Gasteiger partial charge in [-0.1, -0.05) is 0 Å². The number of carbonyl (C=O) groups is 1. The molecule has 0 saturated carbocycles. The van der Waals surface area contributed by atoms with Crippen LogP contribution in [-0.2, 0) is 11.2 Å². The minimum atomic E-state index is -0.293. The molecule has 1 aromatic carbocycles. The zero-order chi connectivity index (χ0) is 21.3. The molecule has 2 aromatic rings. The summed E-state index contributed by atoms with van der Waals surface area (Å²) in [5, 5.41) is 9.38. The zero-order valence-corrected chi connectivity index (χ0v) is 17.9. The molecule has 0 fully saturated rings. The van der Waals surface area contributed by atoms with Gasteiger partial charge in [-0.25, -0.2) is 4.99 Å². The van der Waals surface area contributed by atoms with Crippen LogP contribution in [0.15, 0.2) is 52.1 Å². The Balaban J connectivity index is 2.00. The fourth-order valence-corrected chi connectivity index (χ4v) is 2.53. The van der Waals surface area contributed by atoms with Crippen LogP contribution in [0.3, 0.4) is 0 Å². The molecule has 1 heterocycles. The van der Waals surface area contributed by atoms with Crippen LogP contribution < -0.4 is 20.7 Å². The highest BCUT2D eigenvalue weighted by molar-refractivity contribution is 5.95. The Kier molecular flexibility index (Phi) is 8.12. The van der Waals surface area contributed by atoms with Crippen LogP contribution >= 0.6 is 0 Å². The number of hydrogen-bond acceptors (Lipinski definition) is 4. The van der Waals surface area contributed by atoms with Gasteiger partial charge in [-0.3, -0.25) is 4.79 Å². The number of amides is 1. The van der Waals surface area contributed by atoms with Crippen LogP contribution in [0.25, 0.3) is 0 Å². The molecule has 0 atom stereocenters. The highest BCUT2D eigenvalue weighted by Crippen LogP contribution is 2.16. The second kappa shape index (κ2) is 10.5. The molecule has 0 aliphatic rings. The number of furan rings is 1. The molecule has 2 rings (SSSR count). The topological polar surface area (TPSA) is 87.9 Å². The summed E-state index contributed by atoms with van der Waals surface area (Å²) in [7, 11) is 0. The zero-order valence-electron chi connectivity index (χ0n) is 17.9. The third kappa shape index (κ3) is 9.19. The standard InChI is InChI=1S/C22H32N4O3/c1-16(2)29-19-10-8-17(9-11-19)25-21(23-13-12-18-7-6-14-28-18)24-15-20(27)26-22(3,4)5/h6-11,14,16H,12-13,15H2,1-5H3,(H,26,27)(H2,23,24,25). The van der Waals surface area contributed by atoms with Gasteiger partial charge in [0.15, 0.2) is 5.96 Å². The molecule has 7 nitrogen and oxygen atoms in total. The third-order valence-corrected chi connectivity index (χ3v) is 3.63. The predicted octanol–water partition coefficient (Wildman–Crippen LogP) is 3.58. The smallest absolute Gasteiger partial charge is 0.242 e. The summed E-state index contributed by atoms with van der Waals surface area (Å²) in [5.74, 6) is 2.08. The molecular weight excluding hydrogens is 368 g/mol. The SMILES string of the molecule is CC(C)Oc1ccc(NC(=NCC(=O)NC(C)(C)C)NCCc2ccco2)cc1.